The van der Waals surface area contributed by atoms with E-state index in [1.54, 1.807) is 0 Å². The molecule has 0 aliphatic rings. The van der Waals surface area contributed by atoms with Crippen LogP contribution >= 0.6 is 0 Å². The lowest BCUT2D eigenvalue weighted by Gasteiger charge is -2.14. The van der Waals surface area contributed by atoms with Crippen LogP contribution in [0.1, 0.15) is 43.0 Å². The fourth-order valence-electron chi connectivity index (χ4n) is 2.83. The molecule has 6 nitrogen and oxygen atoms in total. The predicted octanol–water partition coefficient (Wildman–Crippen LogP) is 2.87. The van der Waals surface area contributed by atoms with Gasteiger partial charge in [0.05, 0.1) is 10.5 Å². The number of aryl methyl sites for hydroxylation is 2. The highest BCUT2D eigenvalue weighted by Gasteiger charge is 2.19. The van der Waals surface area contributed by atoms with Crippen molar-refractivity contribution in [2.75, 3.05) is 13.7 Å². The van der Waals surface area contributed by atoms with E-state index in [1.165, 1.54) is 31.3 Å². The van der Waals surface area contributed by atoms with Crippen molar-refractivity contribution >= 4 is 21.8 Å². The number of carbonyl (C=O) groups is 2. The van der Waals surface area contributed by atoms with E-state index >= 15 is 0 Å². The minimum atomic E-state index is -3.67. The van der Waals surface area contributed by atoms with Crippen molar-refractivity contribution < 1.29 is 22.7 Å². The van der Waals surface area contributed by atoms with Crippen molar-refractivity contribution in [3.05, 3.63) is 63.7 Å². The number of carbonyl (C=O) groups excluding carboxylic acids is 2. The Morgan fingerprint density at radius 2 is 1.59 bits per heavy atom. The number of Topliss-reactive ketones (excluding diaryl/α,β-unsaturated/α-hetero) is 1. The number of ether oxygens (including phenoxy) is 1. The summed E-state index contributed by atoms with van der Waals surface area (Å²) in [6.45, 7) is 7.18. The monoisotopic (exact) mass is 389 g/mol. The van der Waals surface area contributed by atoms with Crippen LogP contribution in [0.2, 0.25) is 0 Å². The third-order valence-corrected chi connectivity index (χ3v) is 6.04. The average molecular weight is 389 g/mol. The fourth-order valence-corrected chi connectivity index (χ4v) is 3.61. The number of esters is 1. The highest BCUT2D eigenvalue weighted by molar-refractivity contribution is 7.89. The Balaban J connectivity index is 2.20. The van der Waals surface area contributed by atoms with Crippen molar-refractivity contribution in [2.45, 2.75) is 32.6 Å². The van der Waals surface area contributed by atoms with Crippen LogP contribution in [0.5, 0.6) is 0 Å². The molecule has 0 spiro atoms. The minimum absolute atomic E-state index is 0.0493. The molecule has 0 unspecified atom stereocenters. The number of nitrogens with one attached hydrogen (secondary N) is 1. The molecular formula is C20H23NO5S. The van der Waals surface area contributed by atoms with Crippen LogP contribution in [0.25, 0.3) is 0 Å². The SMILES string of the molecule is CNS(=O)(=O)c1cccc(C(=O)OCC(=O)c2c(C)c(C)cc(C)c2C)c1. The maximum atomic E-state index is 12.6. The first-order valence-electron chi connectivity index (χ1n) is 8.39. The molecule has 0 aliphatic heterocycles. The second kappa shape index (κ2) is 8.02. The first kappa shape index (κ1) is 20.8. The first-order valence-corrected chi connectivity index (χ1v) is 9.88. The average Bonchev–Trinajstić information content (AvgIpc) is 2.64. The van der Waals surface area contributed by atoms with Crippen molar-refractivity contribution in [1.29, 1.82) is 0 Å². The molecule has 27 heavy (non-hydrogen) atoms. The van der Waals surface area contributed by atoms with Gasteiger partial charge in [-0.1, -0.05) is 12.1 Å². The van der Waals surface area contributed by atoms with E-state index in [4.69, 9.17) is 4.74 Å². The van der Waals surface area contributed by atoms with Gasteiger partial charge in [-0.25, -0.2) is 17.9 Å². The zero-order chi connectivity index (χ0) is 20.4. The zero-order valence-corrected chi connectivity index (χ0v) is 16.9. The smallest absolute Gasteiger partial charge is 0.338 e. The number of hydrogen-bond acceptors (Lipinski definition) is 5. The highest BCUT2D eigenvalue weighted by Crippen LogP contribution is 2.22. The van der Waals surface area contributed by atoms with Gasteiger partial charge in [-0.3, -0.25) is 4.79 Å². The van der Waals surface area contributed by atoms with Gasteiger partial charge in [0.2, 0.25) is 15.8 Å². The van der Waals surface area contributed by atoms with E-state index in [-0.39, 0.29) is 16.2 Å². The Labute approximate surface area is 159 Å². The lowest BCUT2D eigenvalue weighted by atomic mass is 9.92. The van der Waals surface area contributed by atoms with E-state index in [2.05, 4.69) is 4.72 Å². The largest absolute Gasteiger partial charge is 0.454 e. The number of rotatable bonds is 6. The lowest BCUT2D eigenvalue weighted by Crippen LogP contribution is -2.20. The summed E-state index contributed by atoms with van der Waals surface area (Å²) in [7, 11) is -2.39. The van der Waals surface area contributed by atoms with Crippen LogP contribution in [0.4, 0.5) is 0 Å². The van der Waals surface area contributed by atoms with E-state index in [0.29, 0.717) is 5.56 Å². The molecule has 7 heteroatoms. The van der Waals surface area contributed by atoms with Crippen LogP contribution in [0, 0.1) is 27.7 Å². The lowest BCUT2D eigenvalue weighted by molar-refractivity contribution is 0.0474. The highest BCUT2D eigenvalue weighted by atomic mass is 32.2. The third-order valence-electron chi connectivity index (χ3n) is 4.63. The van der Waals surface area contributed by atoms with Gasteiger partial charge >= 0.3 is 5.97 Å². The Morgan fingerprint density at radius 3 is 2.15 bits per heavy atom. The summed E-state index contributed by atoms with van der Waals surface area (Å²) >= 11 is 0. The second-order valence-corrected chi connectivity index (χ2v) is 8.26. The van der Waals surface area contributed by atoms with Crippen LogP contribution in [-0.4, -0.2) is 33.8 Å². The van der Waals surface area contributed by atoms with Gasteiger partial charge in [0, 0.05) is 5.56 Å². The maximum absolute atomic E-state index is 12.6. The van der Waals surface area contributed by atoms with Gasteiger partial charge in [-0.05, 0) is 75.2 Å². The van der Waals surface area contributed by atoms with Gasteiger partial charge in [0.15, 0.2) is 6.61 Å². The van der Waals surface area contributed by atoms with Gasteiger partial charge in [0.25, 0.3) is 0 Å². The Kier molecular flexibility index (Phi) is 6.18. The first-order chi connectivity index (χ1) is 12.6. The molecule has 2 aromatic carbocycles. The van der Waals surface area contributed by atoms with Gasteiger partial charge in [-0.2, -0.15) is 0 Å². The molecule has 0 aliphatic carbocycles. The van der Waals surface area contributed by atoms with Crippen LogP contribution in [-0.2, 0) is 14.8 Å². The molecule has 0 atom stereocenters. The molecule has 2 aromatic rings. The molecule has 0 saturated carbocycles. The molecule has 0 heterocycles. The molecule has 1 N–H and O–H groups in total. The Hall–Kier alpha value is -2.51. The predicted molar refractivity (Wildman–Crippen MR) is 103 cm³/mol. The summed E-state index contributed by atoms with van der Waals surface area (Å²) in [5.74, 6) is -1.04. The molecule has 0 saturated heterocycles. The maximum Gasteiger partial charge on any atom is 0.338 e. The van der Waals surface area contributed by atoms with E-state index in [0.717, 1.165) is 22.3 Å². The molecule has 0 radical (unpaired) electrons. The summed E-state index contributed by atoms with van der Waals surface area (Å²) in [6.07, 6.45) is 0. The number of ketones is 1. The van der Waals surface area contributed by atoms with Crippen molar-refractivity contribution in [1.82, 2.24) is 4.72 Å². The third kappa shape index (κ3) is 4.43. The fraction of sp³-hybridized carbons (Fsp3) is 0.300. The summed E-state index contributed by atoms with van der Waals surface area (Å²) < 4.78 is 31.0. The normalized spacial score (nSPS) is 11.3. The van der Waals surface area contributed by atoms with Crippen LogP contribution < -0.4 is 4.72 Å². The van der Waals surface area contributed by atoms with Crippen LogP contribution in [0.15, 0.2) is 35.2 Å². The van der Waals surface area contributed by atoms with Gasteiger partial charge in [-0.15, -0.1) is 0 Å². The van der Waals surface area contributed by atoms with Crippen molar-refractivity contribution in [3.8, 4) is 0 Å². The molecule has 0 amide bonds. The molecule has 0 bridgehead atoms. The molecule has 2 rings (SSSR count). The summed E-state index contributed by atoms with van der Waals surface area (Å²) in [6, 6.07) is 7.48. The van der Waals surface area contributed by atoms with Crippen molar-refractivity contribution in [3.63, 3.8) is 0 Å². The minimum Gasteiger partial charge on any atom is -0.454 e. The zero-order valence-electron chi connectivity index (χ0n) is 16.0. The van der Waals surface area contributed by atoms with E-state index < -0.39 is 22.6 Å². The summed E-state index contributed by atoms with van der Waals surface area (Å²) in [5, 5.41) is 0. The van der Waals surface area contributed by atoms with E-state index in [9.17, 15) is 18.0 Å². The number of sulfonamides is 1. The molecule has 144 valence electrons. The summed E-state index contributed by atoms with van der Waals surface area (Å²) in [5.41, 5.74) is 4.35. The van der Waals surface area contributed by atoms with E-state index in [1.807, 2.05) is 33.8 Å². The topological polar surface area (TPSA) is 89.5 Å². The Morgan fingerprint density at radius 1 is 1.00 bits per heavy atom. The Bertz CT molecular complexity index is 983. The van der Waals surface area contributed by atoms with Crippen LogP contribution in [0.3, 0.4) is 0 Å². The van der Waals surface area contributed by atoms with Crippen molar-refractivity contribution in [2.24, 2.45) is 0 Å². The number of benzene rings is 2. The quantitative estimate of drug-likeness (QED) is 0.606. The standard InChI is InChI=1S/C20H23NO5S/c1-12-9-13(2)15(4)19(14(12)3)18(22)11-26-20(23)16-7-6-8-17(10-16)27(24,25)21-5/h6-10,21H,11H2,1-5H3. The molecular weight excluding hydrogens is 366 g/mol. The molecule has 0 aromatic heterocycles. The molecule has 0 fully saturated rings. The number of hydrogen-bond donors (Lipinski definition) is 1. The van der Waals surface area contributed by atoms with Gasteiger partial charge in [0.1, 0.15) is 0 Å². The van der Waals surface area contributed by atoms with Gasteiger partial charge < -0.3 is 4.74 Å². The second-order valence-electron chi connectivity index (χ2n) is 6.37. The summed E-state index contributed by atoms with van der Waals surface area (Å²) in [4.78, 5) is 24.8.